The van der Waals surface area contributed by atoms with Crippen molar-refractivity contribution in [3.63, 3.8) is 0 Å². The SMILES string of the molecule is CC(C)C1CCN(c2cccc3c2CN(C2CCC(=O)NC2=O)C3)CC1. The summed E-state index contributed by atoms with van der Waals surface area (Å²) in [4.78, 5) is 28.4. The Hall–Kier alpha value is -1.88. The Morgan fingerprint density at radius 3 is 2.54 bits per heavy atom. The smallest absolute Gasteiger partial charge is 0.243 e. The van der Waals surface area contributed by atoms with Gasteiger partial charge in [0.05, 0.1) is 6.04 Å². The molecule has 0 saturated carbocycles. The normalized spacial score (nSPS) is 24.9. The van der Waals surface area contributed by atoms with Gasteiger partial charge in [-0.15, -0.1) is 0 Å². The van der Waals surface area contributed by atoms with Gasteiger partial charge in [-0.05, 0) is 48.3 Å². The third-order valence-electron chi connectivity index (χ3n) is 6.46. The Bertz CT molecular complexity index is 707. The molecule has 4 rings (SSSR count). The van der Waals surface area contributed by atoms with Crippen molar-refractivity contribution < 1.29 is 9.59 Å². The van der Waals surface area contributed by atoms with Gasteiger partial charge in [0.15, 0.2) is 0 Å². The maximum absolute atomic E-state index is 12.2. The highest BCUT2D eigenvalue weighted by Crippen LogP contribution is 2.36. The van der Waals surface area contributed by atoms with Crippen LogP contribution in [0.2, 0.25) is 0 Å². The number of rotatable bonds is 3. The van der Waals surface area contributed by atoms with Gasteiger partial charge in [0.25, 0.3) is 0 Å². The molecule has 5 nitrogen and oxygen atoms in total. The molecule has 3 heterocycles. The lowest BCUT2D eigenvalue weighted by Crippen LogP contribution is -2.50. The molecule has 3 aliphatic rings. The average molecular weight is 355 g/mol. The molecule has 0 aromatic heterocycles. The van der Waals surface area contributed by atoms with E-state index in [1.807, 2.05) is 0 Å². The summed E-state index contributed by atoms with van der Waals surface area (Å²) in [6.45, 7) is 8.52. The third-order valence-corrected chi connectivity index (χ3v) is 6.46. The summed E-state index contributed by atoms with van der Waals surface area (Å²) in [5.74, 6) is 1.33. The van der Waals surface area contributed by atoms with E-state index in [1.165, 1.54) is 29.7 Å². The largest absolute Gasteiger partial charge is 0.371 e. The zero-order valence-corrected chi connectivity index (χ0v) is 15.8. The van der Waals surface area contributed by atoms with Gasteiger partial charge in [0.2, 0.25) is 11.8 Å². The van der Waals surface area contributed by atoms with E-state index in [-0.39, 0.29) is 17.9 Å². The van der Waals surface area contributed by atoms with Crippen molar-refractivity contribution >= 4 is 17.5 Å². The Labute approximate surface area is 155 Å². The highest BCUT2D eigenvalue weighted by atomic mass is 16.2. The molecule has 1 aromatic carbocycles. The van der Waals surface area contributed by atoms with Crippen molar-refractivity contribution in [1.29, 1.82) is 0 Å². The van der Waals surface area contributed by atoms with E-state index in [0.29, 0.717) is 12.8 Å². The zero-order valence-electron chi connectivity index (χ0n) is 15.8. The lowest BCUT2D eigenvalue weighted by Gasteiger charge is -2.36. The van der Waals surface area contributed by atoms with Crippen LogP contribution in [-0.4, -0.2) is 35.8 Å². The van der Waals surface area contributed by atoms with Crippen LogP contribution < -0.4 is 10.2 Å². The van der Waals surface area contributed by atoms with Gasteiger partial charge in [-0.2, -0.15) is 0 Å². The molecule has 140 valence electrons. The van der Waals surface area contributed by atoms with E-state index in [4.69, 9.17) is 0 Å². The minimum absolute atomic E-state index is 0.131. The molecule has 1 unspecified atom stereocenters. The van der Waals surface area contributed by atoms with E-state index in [2.05, 4.69) is 47.2 Å². The standard InChI is InChI=1S/C21H29N3O2/c1-14(2)15-8-10-23(11-9-15)18-5-3-4-16-12-24(13-17(16)18)19-6-7-20(25)22-21(19)26/h3-5,14-15,19H,6-13H2,1-2H3,(H,22,25,26). The predicted octanol–water partition coefficient (Wildman–Crippen LogP) is 2.68. The predicted molar refractivity (Wildman–Crippen MR) is 102 cm³/mol. The minimum atomic E-state index is -0.181. The number of hydrogen-bond donors (Lipinski definition) is 1. The summed E-state index contributed by atoms with van der Waals surface area (Å²) in [7, 11) is 0. The van der Waals surface area contributed by atoms with Crippen molar-refractivity contribution in [1.82, 2.24) is 10.2 Å². The Morgan fingerprint density at radius 2 is 1.85 bits per heavy atom. The van der Waals surface area contributed by atoms with E-state index in [0.717, 1.165) is 38.0 Å². The quantitative estimate of drug-likeness (QED) is 0.847. The van der Waals surface area contributed by atoms with Gasteiger partial charge in [0.1, 0.15) is 0 Å². The summed E-state index contributed by atoms with van der Waals surface area (Å²) in [6, 6.07) is 6.39. The van der Waals surface area contributed by atoms with Crippen LogP contribution in [0.3, 0.4) is 0 Å². The fourth-order valence-electron chi connectivity index (χ4n) is 4.78. The van der Waals surface area contributed by atoms with Crippen molar-refractivity contribution in [3.8, 4) is 0 Å². The first-order chi connectivity index (χ1) is 12.5. The van der Waals surface area contributed by atoms with E-state index in [1.54, 1.807) is 0 Å². The summed E-state index contributed by atoms with van der Waals surface area (Å²) >= 11 is 0. The number of imide groups is 1. The lowest BCUT2D eigenvalue weighted by molar-refractivity contribution is -0.137. The number of anilines is 1. The monoisotopic (exact) mass is 355 g/mol. The van der Waals surface area contributed by atoms with Crippen LogP contribution in [0.15, 0.2) is 18.2 Å². The minimum Gasteiger partial charge on any atom is -0.371 e. The Kier molecular flexibility index (Phi) is 4.74. The molecule has 2 saturated heterocycles. The second-order valence-electron chi connectivity index (χ2n) is 8.36. The summed E-state index contributed by atoms with van der Waals surface area (Å²) in [5.41, 5.74) is 4.05. The second kappa shape index (κ2) is 7.03. The van der Waals surface area contributed by atoms with Crippen LogP contribution in [0, 0.1) is 11.8 Å². The first-order valence-electron chi connectivity index (χ1n) is 9.96. The number of benzene rings is 1. The Balaban J connectivity index is 1.49. The molecule has 1 aromatic rings. The summed E-state index contributed by atoms with van der Waals surface area (Å²) in [6.07, 6.45) is 3.60. The van der Waals surface area contributed by atoms with Gasteiger partial charge < -0.3 is 4.90 Å². The highest BCUT2D eigenvalue weighted by molar-refractivity contribution is 6.00. The van der Waals surface area contributed by atoms with Crippen LogP contribution in [0.5, 0.6) is 0 Å². The second-order valence-corrected chi connectivity index (χ2v) is 8.36. The summed E-state index contributed by atoms with van der Waals surface area (Å²) in [5, 5.41) is 2.50. The fourth-order valence-corrected chi connectivity index (χ4v) is 4.78. The molecule has 3 aliphatic heterocycles. The van der Waals surface area contributed by atoms with Crippen LogP contribution in [-0.2, 0) is 22.7 Å². The molecule has 26 heavy (non-hydrogen) atoms. The average Bonchev–Trinajstić information content (AvgIpc) is 3.05. The van der Waals surface area contributed by atoms with Gasteiger partial charge in [0, 0.05) is 38.3 Å². The molecule has 1 atom stereocenters. The van der Waals surface area contributed by atoms with Crippen LogP contribution in [0.4, 0.5) is 5.69 Å². The Morgan fingerprint density at radius 1 is 1.08 bits per heavy atom. The number of carbonyl (C=O) groups is 2. The van der Waals surface area contributed by atoms with Crippen LogP contribution in [0.25, 0.3) is 0 Å². The maximum Gasteiger partial charge on any atom is 0.243 e. The fraction of sp³-hybridized carbons (Fsp3) is 0.619. The molecule has 0 bridgehead atoms. The van der Waals surface area contributed by atoms with E-state index < -0.39 is 0 Å². The van der Waals surface area contributed by atoms with Crippen molar-refractivity contribution in [3.05, 3.63) is 29.3 Å². The molecular weight excluding hydrogens is 326 g/mol. The van der Waals surface area contributed by atoms with Crippen molar-refractivity contribution in [2.75, 3.05) is 18.0 Å². The number of hydrogen-bond acceptors (Lipinski definition) is 4. The van der Waals surface area contributed by atoms with Gasteiger partial charge >= 0.3 is 0 Å². The van der Waals surface area contributed by atoms with Crippen LogP contribution in [0.1, 0.15) is 50.7 Å². The molecule has 0 radical (unpaired) electrons. The van der Waals surface area contributed by atoms with Gasteiger partial charge in [-0.1, -0.05) is 26.0 Å². The molecule has 1 N–H and O–H groups in total. The first kappa shape index (κ1) is 17.5. The number of nitrogens with one attached hydrogen (secondary N) is 1. The van der Waals surface area contributed by atoms with E-state index in [9.17, 15) is 9.59 Å². The number of nitrogens with zero attached hydrogens (tertiary/aromatic N) is 2. The maximum atomic E-state index is 12.2. The van der Waals surface area contributed by atoms with Crippen molar-refractivity contribution in [2.45, 2.75) is 58.7 Å². The molecule has 5 heteroatoms. The van der Waals surface area contributed by atoms with Gasteiger partial charge in [-0.3, -0.25) is 19.8 Å². The van der Waals surface area contributed by atoms with Gasteiger partial charge in [-0.25, -0.2) is 0 Å². The van der Waals surface area contributed by atoms with Crippen molar-refractivity contribution in [2.24, 2.45) is 11.8 Å². The number of piperidine rings is 2. The first-order valence-corrected chi connectivity index (χ1v) is 9.96. The number of fused-ring (bicyclic) bond motifs is 1. The lowest BCUT2D eigenvalue weighted by atomic mass is 9.86. The third kappa shape index (κ3) is 3.25. The number of carbonyl (C=O) groups excluding carboxylic acids is 2. The summed E-state index contributed by atoms with van der Waals surface area (Å²) < 4.78 is 0. The molecule has 2 fully saturated rings. The molecule has 0 aliphatic carbocycles. The number of amides is 2. The molecule has 2 amide bonds. The highest BCUT2D eigenvalue weighted by Gasteiger charge is 2.36. The van der Waals surface area contributed by atoms with E-state index >= 15 is 0 Å². The zero-order chi connectivity index (χ0) is 18.3. The molecular formula is C21H29N3O2. The van der Waals surface area contributed by atoms with Crippen LogP contribution >= 0.6 is 0 Å². The molecule has 0 spiro atoms. The topological polar surface area (TPSA) is 52.6 Å².